The second-order valence-corrected chi connectivity index (χ2v) is 8.60. The average molecular weight is 407 g/mol. The summed E-state index contributed by atoms with van der Waals surface area (Å²) in [5.74, 6) is 1.37. The number of nitrogens with zero attached hydrogens (tertiary/aromatic N) is 4. The van der Waals surface area contributed by atoms with Crippen molar-refractivity contribution in [3.05, 3.63) is 63.8 Å². The van der Waals surface area contributed by atoms with E-state index in [-0.39, 0.29) is 11.9 Å². The first kappa shape index (κ1) is 18.9. The van der Waals surface area contributed by atoms with Crippen LogP contribution < -0.4 is 0 Å². The molecule has 8 heteroatoms. The van der Waals surface area contributed by atoms with Gasteiger partial charge in [0.15, 0.2) is 0 Å². The molecule has 0 radical (unpaired) electrons. The van der Waals surface area contributed by atoms with Crippen LogP contribution in [0.25, 0.3) is 5.69 Å². The zero-order chi connectivity index (χ0) is 18.5. The lowest BCUT2D eigenvalue weighted by Crippen LogP contribution is -2.31. The zero-order valence-electron chi connectivity index (χ0n) is 14.5. The second kappa shape index (κ2) is 8.70. The highest BCUT2D eigenvalue weighted by molar-refractivity contribution is 7.99. The lowest BCUT2D eigenvalue weighted by atomic mass is 10.1. The summed E-state index contributed by atoms with van der Waals surface area (Å²) in [4.78, 5) is 19.4. The summed E-state index contributed by atoms with van der Waals surface area (Å²) in [5.41, 5.74) is 2.03. The van der Waals surface area contributed by atoms with Crippen LogP contribution in [-0.2, 0) is 10.5 Å². The Kier molecular flexibility index (Phi) is 6.34. The first-order valence-electron chi connectivity index (χ1n) is 8.07. The van der Waals surface area contributed by atoms with Crippen molar-refractivity contribution >= 4 is 40.6 Å². The third kappa shape index (κ3) is 4.66. The monoisotopic (exact) mass is 406 g/mol. The van der Waals surface area contributed by atoms with Crippen LogP contribution in [-0.4, -0.2) is 38.4 Å². The smallest absolute Gasteiger partial charge is 0.232 e. The van der Waals surface area contributed by atoms with Crippen molar-refractivity contribution in [2.45, 2.75) is 18.7 Å². The van der Waals surface area contributed by atoms with E-state index in [1.807, 2.05) is 50.4 Å². The van der Waals surface area contributed by atoms with Crippen LogP contribution >= 0.6 is 34.7 Å². The first-order chi connectivity index (χ1) is 12.5. The minimum absolute atomic E-state index is 0.00378. The Morgan fingerprint density at radius 1 is 1.31 bits per heavy atom. The van der Waals surface area contributed by atoms with Crippen LogP contribution in [0.15, 0.2) is 49.1 Å². The standard InChI is InChI=1S/C18H19ClN4OS2/c1-13(14-3-5-15(6-4-14)23-12-20-11-21-23)22(2)18(24)10-25-9-16-7-8-17(19)26-16/h3-8,11-13H,9-10H2,1-2H3/t13-/m1/s1. The minimum Gasteiger partial charge on any atom is -0.338 e. The summed E-state index contributed by atoms with van der Waals surface area (Å²) in [6.07, 6.45) is 3.16. The topological polar surface area (TPSA) is 51.0 Å². The highest BCUT2D eigenvalue weighted by atomic mass is 35.5. The second-order valence-electron chi connectivity index (χ2n) is 5.81. The van der Waals surface area contributed by atoms with Gasteiger partial charge in [0.1, 0.15) is 12.7 Å². The number of amides is 1. The molecular formula is C18H19ClN4OS2. The molecule has 0 fully saturated rings. The molecule has 0 aliphatic carbocycles. The molecule has 0 N–H and O–H groups in total. The van der Waals surface area contributed by atoms with Crippen molar-refractivity contribution in [3.63, 3.8) is 0 Å². The molecule has 3 aromatic rings. The Bertz CT molecular complexity index is 848. The minimum atomic E-state index is 0.00378. The fourth-order valence-corrected chi connectivity index (χ4v) is 4.60. The molecule has 1 atom stereocenters. The van der Waals surface area contributed by atoms with E-state index in [1.54, 1.807) is 39.0 Å². The number of halogens is 1. The van der Waals surface area contributed by atoms with Gasteiger partial charge >= 0.3 is 0 Å². The maximum atomic E-state index is 12.5. The van der Waals surface area contributed by atoms with Crippen molar-refractivity contribution in [3.8, 4) is 5.69 Å². The van der Waals surface area contributed by atoms with Gasteiger partial charge in [-0.25, -0.2) is 9.67 Å². The van der Waals surface area contributed by atoms with Gasteiger partial charge in [0.05, 0.1) is 21.8 Å². The van der Waals surface area contributed by atoms with E-state index >= 15 is 0 Å². The Labute approximate surface area is 166 Å². The SMILES string of the molecule is C[C@H](c1ccc(-n2cncn2)cc1)N(C)C(=O)CSCc1ccc(Cl)s1. The highest BCUT2D eigenvalue weighted by Crippen LogP contribution is 2.26. The summed E-state index contributed by atoms with van der Waals surface area (Å²) in [6, 6.07) is 11.9. The van der Waals surface area contributed by atoms with Gasteiger partial charge in [-0.1, -0.05) is 23.7 Å². The number of aromatic nitrogens is 3. The van der Waals surface area contributed by atoms with Crippen LogP contribution in [0, 0.1) is 0 Å². The van der Waals surface area contributed by atoms with Crippen molar-refractivity contribution < 1.29 is 4.79 Å². The lowest BCUT2D eigenvalue weighted by molar-refractivity contribution is -0.128. The predicted octanol–water partition coefficient (Wildman–Crippen LogP) is 4.44. The average Bonchev–Trinajstić information content (AvgIpc) is 3.32. The molecule has 1 aromatic carbocycles. The van der Waals surface area contributed by atoms with Gasteiger partial charge in [0, 0.05) is 17.7 Å². The number of hydrogen-bond acceptors (Lipinski definition) is 5. The maximum absolute atomic E-state index is 12.5. The van der Waals surface area contributed by atoms with Gasteiger partial charge < -0.3 is 4.90 Å². The number of hydrogen-bond donors (Lipinski definition) is 0. The molecule has 3 rings (SSSR count). The van der Waals surface area contributed by atoms with Crippen molar-refractivity contribution in [2.75, 3.05) is 12.8 Å². The summed E-state index contributed by atoms with van der Waals surface area (Å²) >= 11 is 9.10. The largest absolute Gasteiger partial charge is 0.338 e. The molecule has 0 spiro atoms. The molecule has 2 aromatic heterocycles. The summed E-state index contributed by atoms with van der Waals surface area (Å²) in [5, 5.41) is 4.12. The van der Waals surface area contributed by atoms with Crippen LogP contribution in [0.3, 0.4) is 0 Å². The van der Waals surface area contributed by atoms with Gasteiger partial charge in [0.25, 0.3) is 0 Å². The van der Waals surface area contributed by atoms with Crippen LogP contribution in [0.4, 0.5) is 0 Å². The molecule has 26 heavy (non-hydrogen) atoms. The Morgan fingerprint density at radius 2 is 2.08 bits per heavy atom. The molecule has 0 saturated carbocycles. The Balaban J connectivity index is 1.54. The van der Waals surface area contributed by atoms with Gasteiger partial charge in [-0.2, -0.15) is 5.10 Å². The first-order valence-corrected chi connectivity index (χ1v) is 10.4. The number of carbonyl (C=O) groups excluding carboxylic acids is 1. The molecule has 0 aliphatic rings. The number of benzene rings is 1. The molecule has 2 heterocycles. The molecule has 0 aliphatic heterocycles. The van der Waals surface area contributed by atoms with E-state index in [9.17, 15) is 4.79 Å². The van der Waals surface area contributed by atoms with Crippen LogP contribution in [0.1, 0.15) is 23.4 Å². The Morgan fingerprint density at radius 3 is 2.69 bits per heavy atom. The molecular weight excluding hydrogens is 388 g/mol. The third-order valence-corrected chi connectivity index (χ3v) is 6.51. The summed E-state index contributed by atoms with van der Waals surface area (Å²) in [6.45, 7) is 2.03. The Hall–Kier alpha value is -1.83. The normalized spacial score (nSPS) is 12.1. The van der Waals surface area contributed by atoms with E-state index in [4.69, 9.17) is 11.6 Å². The van der Waals surface area contributed by atoms with Gasteiger partial charge in [-0.15, -0.1) is 23.1 Å². The maximum Gasteiger partial charge on any atom is 0.232 e. The molecule has 136 valence electrons. The van der Waals surface area contributed by atoms with Crippen LogP contribution in [0.5, 0.6) is 0 Å². The molecule has 5 nitrogen and oxygen atoms in total. The lowest BCUT2D eigenvalue weighted by Gasteiger charge is -2.25. The summed E-state index contributed by atoms with van der Waals surface area (Å²) in [7, 11) is 1.85. The zero-order valence-corrected chi connectivity index (χ0v) is 16.9. The number of thioether (sulfide) groups is 1. The van der Waals surface area contributed by atoms with E-state index in [0.29, 0.717) is 5.75 Å². The van der Waals surface area contributed by atoms with Crippen LogP contribution in [0.2, 0.25) is 4.34 Å². The third-order valence-electron chi connectivity index (χ3n) is 4.13. The molecule has 0 saturated heterocycles. The van der Waals surface area contributed by atoms with Crippen molar-refractivity contribution in [1.82, 2.24) is 19.7 Å². The van der Waals surface area contributed by atoms with Gasteiger partial charge in [-0.3, -0.25) is 4.79 Å². The van der Waals surface area contributed by atoms with E-state index in [0.717, 1.165) is 21.3 Å². The van der Waals surface area contributed by atoms with Gasteiger partial charge in [-0.05, 0) is 36.8 Å². The quantitative estimate of drug-likeness (QED) is 0.582. The highest BCUT2D eigenvalue weighted by Gasteiger charge is 2.17. The number of rotatable bonds is 7. The van der Waals surface area contributed by atoms with Crippen molar-refractivity contribution in [1.29, 1.82) is 0 Å². The fraction of sp³-hybridized carbons (Fsp3) is 0.278. The molecule has 1 amide bonds. The number of thiophene rings is 1. The molecule has 0 bridgehead atoms. The fourth-order valence-electron chi connectivity index (χ4n) is 2.46. The van der Waals surface area contributed by atoms with E-state index in [2.05, 4.69) is 10.1 Å². The summed E-state index contributed by atoms with van der Waals surface area (Å²) < 4.78 is 2.49. The number of carbonyl (C=O) groups is 1. The van der Waals surface area contributed by atoms with E-state index in [1.165, 1.54) is 11.2 Å². The molecule has 0 unspecified atom stereocenters. The van der Waals surface area contributed by atoms with E-state index < -0.39 is 0 Å². The van der Waals surface area contributed by atoms with Crippen molar-refractivity contribution in [2.24, 2.45) is 0 Å². The van der Waals surface area contributed by atoms with Gasteiger partial charge in [0.2, 0.25) is 5.91 Å². The predicted molar refractivity (Wildman–Crippen MR) is 108 cm³/mol.